The molecule has 1 aromatic heterocycles. The Morgan fingerprint density at radius 3 is 2.35 bits per heavy atom. The first kappa shape index (κ1) is 27.7. The number of nitrogens with zero attached hydrogens (tertiary/aromatic N) is 5. The summed E-state index contributed by atoms with van der Waals surface area (Å²) in [5.41, 5.74) is 3.49. The highest BCUT2D eigenvalue weighted by molar-refractivity contribution is 6.02. The molecule has 0 aliphatic carbocycles. The molecule has 2 aromatic carbocycles. The molecule has 3 amide bonds. The number of urea groups is 1. The summed E-state index contributed by atoms with van der Waals surface area (Å²) in [6, 6.07) is 14.2. The summed E-state index contributed by atoms with van der Waals surface area (Å²) < 4.78 is 7.47. The summed E-state index contributed by atoms with van der Waals surface area (Å²) >= 11 is 0. The van der Waals surface area contributed by atoms with Gasteiger partial charge in [-0.2, -0.15) is 5.26 Å². The Hall–Kier alpha value is -3.90. The number of carbonyl (C=O) groups excluding carboxylic acids is 2. The van der Waals surface area contributed by atoms with Crippen LogP contribution in [0.2, 0.25) is 0 Å². The van der Waals surface area contributed by atoms with E-state index < -0.39 is 0 Å². The largest absolute Gasteiger partial charge is 0.382 e. The predicted molar refractivity (Wildman–Crippen MR) is 147 cm³/mol. The molecule has 3 rings (SSSR count). The Morgan fingerprint density at radius 2 is 1.73 bits per heavy atom. The Morgan fingerprint density at radius 1 is 1.05 bits per heavy atom. The Balaban J connectivity index is 1.90. The van der Waals surface area contributed by atoms with Crippen molar-refractivity contribution in [2.45, 2.75) is 46.6 Å². The number of fused-ring (bicyclic) bond motifs is 1. The predicted octanol–water partition coefficient (Wildman–Crippen LogP) is 5.40. The smallest absolute Gasteiger partial charge is 0.328 e. The molecule has 9 heteroatoms. The molecule has 0 atom stereocenters. The fraction of sp³-hybridized carbons (Fsp3) is 0.429. The van der Waals surface area contributed by atoms with Crippen LogP contribution < -0.4 is 15.1 Å². The first-order valence-electron chi connectivity index (χ1n) is 12.7. The fourth-order valence-electron chi connectivity index (χ4n) is 4.21. The molecule has 0 spiro atoms. The van der Waals surface area contributed by atoms with E-state index >= 15 is 0 Å². The van der Waals surface area contributed by atoms with Crippen molar-refractivity contribution in [3.8, 4) is 6.07 Å². The molecule has 0 radical (unpaired) electrons. The maximum absolute atomic E-state index is 13.1. The number of carbonyl (C=O) groups is 2. The van der Waals surface area contributed by atoms with E-state index in [1.165, 1.54) is 4.90 Å². The highest BCUT2D eigenvalue weighted by Crippen LogP contribution is 2.27. The van der Waals surface area contributed by atoms with Crippen molar-refractivity contribution < 1.29 is 14.3 Å². The van der Waals surface area contributed by atoms with E-state index in [0.717, 1.165) is 30.5 Å². The minimum atomic E-state index is -0.354. The van der Waals surface area contributed by atoms with E-state index in [4.69, 9.17) is 15.0 Å². The van der Waals surface area contributed by atoms with Gasteiger partial charge in [0.15, 0.2) is 0 Å². The lowest BCUT2D eigenvalue weighted by atomic mass is 10.0. The molecule has 196 valence electrons. The number of amides is 3. The first-order valence-corrected chi connectivity index (χ1v) is 12.7. The van der Waals surface area contributed by atoms with Crippen molar-refractivity contribution in [1.82, 2.24) is 9.55 Å². The SMILES string of the molecule is CCOCCCn1c(NC(=O)N(C)c2ccc(C#N)cc2)nc2cc(N(C)C(=O)C(CC)CC)ccc21. The van der Waals surface area contributed by atoms with Gasteiger partial charge in [0.05, 0.1) is 22.7 Å². The summed E-state index contributed by atoms with van der Waals surface area (Å²) in [7, 11) is 3.45. The van der Waals surface area contributed by atoms with Crippen LogP contribution in [0.25, 0.3) is 11.0 Å². The van der Waals surface area contributed by atoms with Crippen LogP contribution in [0.4, 0.5) is 22.1 Å². The Kier molecular flexibility index (Phi) is 9.64. The molecule has 1 heterocycles. The lowest BCUT2D eigenvalue weighted by Crippen LogP contribution is -2.32. The van der Waals surface area contributed by atoms with E-state index in [2.05, 4.69) is 11.4 Å². The van der Waals surface area contributed by atoms with Crippen molar-refractivity contribution in [3.63, 3.8) is 0 Å². The number of aromatic nitrogens is 2. The number of ether oxygens (including phenoxy) is 1. The van der Waals surface area contributed by atoms with Crippen LogP contribution in [0.1, 0.15) is 45.6 Å². The maximum Gasteiger partial charge on any atom is 0.328 e. The molecule has 1 N–H and O–H groups in total. The number of rotatable bonds is 11. The normalized spacial score (nSPS) is 10.9. The van der Waals surface area contributed by atoms with Crippen molar-refractivity contribution in [2.75, 3.05) is 42.4 Å². The van der Waals surface area contributed by atoms with E-state index in [1.807, 2.05) is 43.5 Å². The quantitative estimate of drug-likeness (QED) is 0.352. The molecule has 0 fully saturated rings. The fourth-order valence-corrected chi connectivity index (χ4v) is 4.21. The van der Waals surface area contributed by atoms with Crippen molar-refractivity contribution >= 4 is 40.3 Å². The van der Waals surface area contributed by atoms with Gasteiger partial charge in [-0.25, -0.2) is 9.78 Å². The second-order valence-electron chi connectivity index (χ2n) is 8.87. The van der Waals surface area contributed by atoms with Crippen molar-refractivity contribution in [2.24, 2.45) is 5.92 Å². The Bertz CT molecular complexity index is 1260. The van der Waals surface area contributed by atoms with E-state index in [-0.39, 0.29) is 17.9 Å². The molecule has 9 nitrogen and oxygen atoms in total. The molecule has 3 aromatic rings. The molecule has 0 unspecified atom stereocenters. The van der Waals surface area contributed by atoms with Crippen molar-refractivity contribution in [3.05, 3.63) is 48.0 Å². The number of imidazole rings is 1. The van der Waals surface area contributed by atoms with Crippen LogP contribution in [0.15, 0.2) is 42.5 Å². The third kappa shape index (κ3) is 6.46. The number of nitrogens with one attached hydrogen (secondary N) is 1. The van der Waals surface area contributed by atoms with E-state index in [1.54, 1.807) is 43.3 Å². The maximum atomic E-state index is 13.1. The van der Waals surface area contributed by atoms with Crippen LogP contribution in [0.5, 0.6) is 0 Å². The van der Waals surface area contributed by atoms with Gasteiger partial charge in [0.25, 0.3) is 0 Å². The van der Waals surface area contributed by atoms with Crippen LogP contribution in [-0.4, -0.2) is 48.8 Å². The number of aryl methyl sites for hydroxylation is 1. The Labute approximate surface area is 218 Å². The molecule has 0 saturated carbocycles. The second kappa shape index (κ2) is 12.9. The highest BCUT2D eigenvalue weighted by atomic mass is 16.5. The van der Waals surface area contributed by atoms with Crippen LogP contribution in [0.3, 0.4) is 0 Å². The minimum absolute atomic E-state index is 0.0237. The van der Waals surface area contributed by atoms with Crippen molar-refractivity contribution in [1.29, 1.82) is 5.26 Å². The molecule has 37 heavy (non-hydrogen) atoms. The van der Waals surface area contributed by atoms with Gasteiger partial charge in [-0.15, -0.1) is 0 Å². The summed E-state index contributed by atoms with van der Waals surface area (Å²) in [4.78, 5) is 33.9. The zero-order valence-corrected chi connectivity index (χ0v) is 22.3. The number of hydrogen-bond acceptors (Lipinski definition) is 5. The average molecular weight is 505 g/mol. The van der Waals surface area contributed by atoms with Gasteiger partial charge in [-0.3, -0.25) is 15.0 Å². The molecule has 0 bridgehead atoms. The zero-order chi connectivity index (χ0) is 26.9. The standard InChI is InChI=1S/C28H36N6O3/c1-6-21(7-2)26(35)32(4)23-14-15-25-24(18-23)30-27(34(25)16-9-17-37-8-3)31-28(36)33(5)22-12-10-20(19-29)11-13-22/h10-15,18,21H,6-9,16-17H2,1-5H3,(H,30,31,36). The van der Waals surface area contributed by atoms with Gasteiger partial charge in [0.1, 0.15) is 0 Å². The third-order valence-corrected chi connectivity index (χ3v) is 6.57. The summed E-state index contributed by atoms with van der Waals surface area (Å²) in [6.07, 6.45) is 2.33. The van der Waals surface area contributed by atoms with Gasteiger partial charge >= 0.3 is 6.03 Å². The van der Waals surface area contributed by atoms with Gasteiger partial charge in [-0.1, -0.05) is 13.8 Å². The van der Waals surface area contributed by atoms with E-state index in [0.29, 0.717) is 42.5 Å². The monoisotopic (exact) mass is 504 g/mol. The number of nitriles is 1. The van der Waals surface area contributed by atoms with Gasteiger partial charge in [-0.05, 0) is 68.7 Å². The van der Waals surface area contributed by atoms with Crippen LogP contribution >= 0.6 is 0 Å². The molecular weight excluding hydrogens is 468 g/mol. The molecule has 0 aliphatic rings. The van der Waals surface area contributed by atoms with Gasteiger partial charge in [0, 0.05) is 51.1 Å². The molecule has 0 aliphatic heterocycles. The summed E-state index contributed by atoms with van der Waals surface area (Å²) in [5, 5.41) is 12.0. The van der Waals surface area contributed by atoms with Crippen LogP contribution in [-0.2, 0) is 16.1 Å². The third-order valence-electron chi connectivity index (χ3n) is 6.57. The second-order valence-corrected chi connectivity index (χ2v) is 8.87. The molecule has 0 saturated heterocycles. The van der Waals surface area contributed by atoms with E-state index in [9.17, 15) is 9.59 Å². The van der Waals surface area contributed by atoms with Gasteiger partial charge < -0.3 is 14.2 Å². The molecular formula is C28H36N6O3. The number of benzene rings is 2. The first-order chi connectivity index (χ1) is 17.8. The summed E-state index contributed by atoms with van der Waals surface area (Å²) in [6.45, 7) is 7.85. The van der Waals surface area contributed by atoms with Crippen LogP contribution in [0, 0.1) is 17.2 Å². The highest BCUT2D eigenvalue weighted by Gasteiger charge is 2.22. The average Bonchev–Trinajstić information content (AvgIpc) is 3.26. The zero-order valence-electron chi connectivity index (χ0n) is 22.3. The number of hydrogen-bond donors (Lipinski definition) is 1. The lowest BCUT2D eigenvalue weighted by Gasteiger charge is -2.22. The number of anilines is 3. The minimum Gasteiger partial charge on any atom is -0.382 e. The van der Waals surface area contributed by atoms with Gasteiger partial charge in [0.2, 0.25) is 11.9 Å². The topological polar surface area (TPSA) is 103 Å². The summed E-state index contributed by atoms with van der Waals surface area (Å²) in [5.74, 6) is 0.477. The lowest BCUT2D eigenvalue weighted by molar-refractivity contribution is -0.122.